The van der Waals surface area contributed by atoms with Gasteiger partial charge in [-0.05, 0) is 76.4 Å². The molecule has 0 bridgehead atoms. The SMILES string of the molecule is CC(C)(C)OC(=O)N1CCC[C@H]1C(=O)N1C(=O)N(c2cc(Cl)cc(Cl)c2)C(=O)[C@@]1(C)Cc1ccc(Br)cc1. The van der Waals surface area contributed by atoms with Gasteiger partial charge in [-0.25, -0.2) is 19.4 Å². The van der Waals surface area contributed by atoms with Gasteiger partial charge in [0.2, 0.25) is 0 Å². The topological polar surface area (TPSA) is 87.2 Å². The van der Waals surface area contributed by atoms with Crippen LogP contribution in [-0.2, 0) is 20.7 Å². The molecule has 2 aliphatic rings. The molecule has 0 aliphatic carbocycles. The van der Waals surface area contributed by atoms with E-state index in [4.69, 9.17) is 27.9 Å². The van der Waals surface area contributed by atoms with Crippen molar-refractivity contribution < 1.29 is 23.9 Å². The Kier molecular flexibility index (Phi) is 7.85. The molecule has 2 heterocycles. The molecule has 2 aromatic rings. The van der Waals surface area contributed by atoms with Crippen molar-refractivity contribution in [2.24, 2.45) is 0 Å². The smallest absolute Gasteiger partial charge is 0.410 e. The molecule has 11 heteroatoms. The fourth-order valence-corrected chi connectivity index (χ4v) is 5.61. The van der Waals surface area contributed by atoms with Crippen molar-refractivity contribution in [1.82, 2.24) is 9.80 Å². The highest BCUT2D eigenvalue weighted by atomic mass is 79.9. The van der Waals surface area contributed by atoms with Crippen LogP contribution >= 0.6 is 39.1 Å². The maximum absolute atomic E-state index is 14.1. The van der Waals surface area contributed by atoms with Crippen molar-refractivity contribution in [3.63, 3.8) is 0 Å². The first-order valence-electron chi connectivity index (χ1n) is 12.1. The summed E-state index contributed by atoms with van der Waals surface area (Å²) in [4.78, 5) is 58.1. The largest absolute Gasteiger partial charge is 0.444 e. The van der Waals surface area contributed by atoms with E-state index < -0.39 is 41.1 Å². The number of ether oxygens (including phenoxy) is 1. The van der Waals surface area contributed by atoms with Crippen LogP contribution in [0.3, 0.4) is 0 Å². The maximum atomic E-state index is 14.1. The fraction of sp³-hybridized carbons (Fsp3) is 0.407. The number of hydrogen-bond donors (Lipinski definition) is 0. The zero-order valence-corrected chi connectivity index (χ0v) is 24.6. The van der Waals surface area contributed by atoms with Crippen LogP contribution in [0.5, 0.6) is 0 Å². The van der Waals surface area contributed by atoms with E-state index in [0.717, 1.165) is 19.8 Å². The van der Waals surface area contributed by atoms with Crippen LogP contribution in [0.4, 0.5) is 15.3 Å². The summed E-state index contributed by atoms with van der Waals surface area (Å²) in [7, 11) is 0. The minimum Gasteiger partial charge on any atom is -0.444 e. The number of halogens is 3. The first-order chi connectivity index (χ1) is 17.7. The quantitative estimate of drug-likeness (QED) is 0.365. The molecule has 8 nitrogen and oxygen atoms in total. The zero-order valence-electron chi connectivity index (χ0n) is 21.5. The molecule has 4 rings (SSSR count). The third-order valence-electron chi connectivity index (χ3n) is 6.49. The van der Waals surface area contributed by atoms with E-state index in [1.54, 1.807) is 27.7 Å². The van der Waals surface area contributed by atoms with Crippen LogP contribution in [0, 0.1) is 0 Å². The Morgan fingerprint density at radius 1 is 1.08 bits per heavy atom. The number of urea groups is 1. The minimum absolute atomic E-state index is 0.0700. The average Bonchev–Trinajstić information content (AvgIpc) is 3.35. The maximum Gasteiger partial charge on any atom is 0.410 e. The summed E-state index contributed by atoms with van der Waals surface area (Å²) in [6.45, 7) is 7.08. The van der Waals surface area contributed by atoms with E-state index in [9.17, 15) is 19.2 Å². The minimum atomic E-state index is -1.57. The Labute approximate surface area is 239 Å². The van der Waals surface area contributed by atoms with Crippen molar-refractivity contribution in [3.8, 4) is 0 Å². The summed E-state index contributed by atoms with van der Waals surface area (Å²) in [5.41, 5.74) is -1.42. The molecule has 2 saturated heterocycles. The van der Waals surface area contributed by atoms with Crippen molar-refractivity contribution >= 4 is 68.8 Å². The molecular formula is C27H28BrCl2N3O5. The van der Waals surface area contributed by atoms with Gasteiger partial charge in [-0.15, -0.1) is 0 Å². The molecular weight excluding hydrogens is 597 g/mol. The summed E-state index contributed by atoms with van der Waals surface area (Å²) in [6, 6.07) is 9.87. The van der Waals surface area contributed by atoms with E-state index in [2.05, 4.69) is 15.9 Å². The lowest BCUT2D eigenvalue weighted by molar-refractivity contribution is -0.140. The molecule has 0 aromatic heterocycles. The summed E-state index contributed by atoms with van der Waals surface area (Å²) in [6.07, 6.45) is 0.329. The molecule has 0 spiro atoms. The second kappa shape index (κ2) is 10.5. The van der Waals surface area contributed by atoms with Crippen molar-refractivity contribution in [2.45, 2.75) is 64.1 Å². The monoisotopic (exact) mass is 623 g/mol. The number of anilines is 1. The van der Waals surface area contributed by atoms with Gasteiger partial charge in [-0.2, -0.15) is 0 Å². The van der Waals surface area contributed by atoms with Gasteiger partial charge in [0, 0.05) is 27.5 Å². The summed E-state index contributed by atoms with van der Waals surface area (Å²) in [5.74, 6) is -1.24. The molecule has 2 aliphatic heterocycles. The number of nitrogens with zero attached hydrogens (tertiary/aromatic N) is 3. The lowest BCUT2D eigenvalue weighted by atomic mass is 9.90. The first-order valence-corrected chi connectivity index (χ1v) is 13.7. The van der Waals surface area contributed by atoms with Crippen LogP contribution in [-0.4, -0.2) is 57.5 Å². The van der Waals surface area contributed by atoms with Crippen LogP contribution in [0.1, 0.15) is 46.1 Å². The van der Waals surface area contributed by atoms with Gasteiger partial charge < -0.3 is 4.74 Å². The molecule has 2 fully saturated rings. The Morgan fingerprint density at radius 3 is 2.26 bits per heavy atom. The number of imide groups is 2. The van der Waals surface area contributed by atoms with Gasteiger partial charge in [-0.3, -0.25) is 14.5 Å². The number of benzene rings is 2. The van der Waals surface area contributed by atoms with E-state index >= 15 is 0 Å². The summed E-state index contributed by atoms with van der Waals surface area (Å²) < 4.78 is 6.36. The van der Waals surface area contributed by atoms with Crippen molar-refractivity contribution in [1.29, 1.82) is 0 Å². The Morgan fingerprint density at radius 2 is 1.68 bits per heavy atom. The molecule has 0 unspecified atom stereocenters. The van der Waals surface area contributed by atoms with Gasteiger partial charge in [0.1, 0.15) is 17.2 Å². The number of likely N-dealkylation sites (tertiary alicyclic amines) is 1. The Balaban J connectivity index is 1.76. The molecule has 38 heavy (non-hydrogen) atoms. The highest BCUT2D eigenvalue weighted by molar-refractivity contribution is 9.10. The van der Waals surface area contributed by atoms with Crippen LogP contribution in [0.2, 0.25) is 10.0 Å². The molecule has 5 amide bonds. The fourth-order valence-electron chi connectivity index (χ4n) is 4.83. The van der Waals surface area contributed by atoms with Gasteiger partial charge in [0.15, 0.2) is 0 Å². The Bertz CT molecular complexity index is 1280. The molecule has 202 valence electrons. The summed E-state index contributed by atoms with van der Waals surface area (Å²) >= 11 is 15.7. The van der Waals surface area contributed by atoms with Crippen molar-refractivity contribution in [2.75, 3.05) is 11.4 Å². The van der Waals surface area contributed by atoms with E-state index in [-0.39, 0.29) is 22.2 Å². The van der Waals surface area contributed by atoms with Gasteiger partial charge in [0.25, 0.3) is 11.8 Å². The average molecular weight is 625 g/mol. The van der Waals surface area contributed by atoms with Gasteiger partial charge in [-0.1, -0.05) is 51.3 Å². The normalized spacial score (nSPS) is 21.9. The highest BCUT2D eigenvalue weighted by Gasteiger charge is 2.59. The lowest BCUT2D eigenvalue weighted by Crippen LogP contribution is -2.57. The molecule has 2 atom stereocenters. The first kappa shape index (κ1) is 28.4. The molecule has 0 radical (unpaired) electrons. The predicted octanol–water partition coefficient (Wildman–Crippen LogP) is 6.45. The summed E-state index contributed by atoms with van der Waals surface area (Å²) in [5, 5.41) is 0.471. The standard InChI is InChI=1S/C27H28BrCl2N3O5/c1-26(2,3)38-25(37)31-11-5-6-21(31)22(34)33-24(36)32(20-13-18(29)12-19(30)14-20)23(35)27(33,4)15-16-7-9-17(28)10-8-16/h7-10,12-14,21H,5-6,11,15H2,1-4H3/t21-,27+/m0/s1. The van der Waals surface area contributed by atoms with Crippen molar-refractivity contribution in [3.05, 3.63) is 62.5 Å². The van der Waals surface area contributed by atoms with E-state index in [0.29, 0.717) is 19.4 Å². The second-order valence-electron chi connectivity index (χ2n) is 10.6. The lowest BCUT2D eigenvalue weighted by Gasteiger charge is -2.34. The number of amides is 5. The van der Waals surface area contributed by atoms with Crippen LogP contribution < -0.4 is 4.90 Å². The molecule has 0 saturated carbocycles. The third kappa shape index (κ3) is 5.55. The van der Waals surface area contributed by atoms with E-state index in [1.165, 1.54) is 23.1 Å². The van der Waals surface area contributed by atoms with Crippen LogP contribution in [0.25, 0.3) is 0 Å². The number of carbonyl (C=O) groups excluding carboxylic acids is 4. The number of rotatable bonds is 4. The Hall–Kier alpha value is -2.62. The predicted molar refractivity (Wildman–Crippen MR) is 148 cm³/mol. The zero-order chi connectivity index (χ0) is 28.0. The number of carbonyl (C=O) groups is 4. The molecule has 2 aromatic carbocycles. The third-order valence-corrected chi connectivity index (χ3v) is 7.46. The second-order valence-corrected chi connectivity index (χ2v) is 12.4. The van der Waals surface area contributed by atoms with Crippen LogP contribution in [0.15, 0.2) is 46.9 Å². The molecule has 0 N–H and O–H groups in total. The van der Waals surface area contributed by atoms with E-state index in [1.807, 2.05) is 24.3 Å². The number of hydrogen-bond acceptors (Lipinski definition) is 5. The van der Waals surface area contributed by atoms with Gasteiger partial charge >= 0.3 is 12.1 Å². The van der Waals surface area contributed by atoms with Gasteiger partial charge in [0.05, 0.1) is 5.69 Å². The highest BCUT2D eigenvalue weighted by Crippen LogP contribution is 2.38.